The van der Waals surface area contributed by atoms with Crippen LogP contribution < -0.4 is 0 Å². The van der Waals surface area contributed by atoms with Crippen LogP contribution >= 0.6 is 0 Å². The van der Waals surface area contributed by atoms with E-state index in [-0.39, 0.29) is 5.97 Å². The largest absolute Gasteiger partial charge is 0.469 e. The van der Waals surface area contributed by atoms with Gasteiger partial charge in [0.25, 0.3) is 0 Å². The first-order chi connectivity index (χ1) is 13.1. The number of carbonyl (C=O) groups is 1. The molecule has 4 nitrogen and oxygen atoms in total. The Kier molecular flexibility index (Phi) is 6.20. The van der Waals surface area contributed by atoms with Crippen molar-refractivity contribution in [2.75, 3.05) is 21.2 Å². The number of ether oxygens (including phenoxy) is 1. The fraction of sp³-hybridized carbons (Fsp3) is 0.304. The highest BCUT2D eigenvalue weighted by Gasteiger charge is 2.08. The highest BCUT2D eigenvalue weighted by Crippen LogP contribution is 2.24. The Morgan fingerprint density at radius 2 is 1.78 bits per heavy atom. The molecule has 0 aliphatic heterocycles. The molecule has 140 valence electrons. The van der Waals surface area contributed by atoms with Crippen LogP contribution in [0, 0.1) is 0 Å². The second-order valence-electron chi connectivity index (χ2n) is 7.12. The molecule has 0 spiro atoms. The Bertz CT molecular complexity index is 935. The number of aryl methyl sites for hydroxylation is 1. The lowest BCUT2D eigenvalue weighted by atomic mass is 9.96. The van der Waals surface area contributed by atoms with Gasteiger partial charge in [-0.25, -0.2) is 0 Å². The number of nitrogens with zero attached hydrogens (tertiary/aromatic N) is 2. The SMILES string of the molecule is COC(=O)CCc1cccc(Cc2cccc3c(CN(C)C)cncc23)c1. The van der Waals surface area contributed by atoms with E-state index in [0.717, 1.165) is 18.5 Å². The van der Waals surface area contributed by atoms with Crippen LogP contribution in [-0.2, 0) is 28.9 Å². The molecule has 1 heterocycles. The van der Waals surface area contributed by atoms with Crippen molar-refractivity contribution in [3.05, 3.63) is 77.1 Å². The Balaban J connectivity index is 1.85. The number of carbonyl (C=O) groups excluding carboxylic acids is 1. The Morgan fingerprint density at radius 1 is 1.00 bits per heavy atom. The fourth-order valence-corrected chi connectivity index (χ4v) is 3.40. The normalized spacial score (nSPS) is 11.1. The lowest BCUT2D eigenvalue weighted by Crippen LogP contribution is -2.11. The first-order valence-corrected chi connectivity index (χ1v) is 9.20. The molecule has 1 aromatic heterocycles. The molecule has 0 N–H and O–H groups in total. The molecule has 2 aromatic carbocycles. The van der Waals surface area contributed by atoms with Gasteiger partial charge in [0.15, 0.2) is 0 Å². The molecule has 0 amide bonds. The molecule has 0 aliphatic carbocycles. The van der Waals surface area contributed by atoms with Gasteiger partial charge in [0, 0.05) is 30.7 Å². The van der Waals surface area contributed by atoms with Crippen LogP contribution in [0.5, 0.6) is 0 Å². The maximum Gasteiger partial charge on any atom is 0.305 e. The lowest BCUT2D eigenvalue weighted by Gasteiger charge is -2.14. The molecular weight excluding hydrogens is 336 g/mol. The van der Waals surface area contributed by atoms with Gasteiger partial charge in [0.1, 0.15) is 0 Å². The second-order valence-corrected chi connectivity index (χ2v) is 7.12. The summed E-state index contributed by atoms with van der Waals surface area (Å²) in [5.74, 6) is -0.172. The quantitative estimate of drug-likeness (QED) is 0.596. The first-order valence-electron chi connectivity index (χ1n) is 9.20. The van der Waals surface area contributed by atoms with Gasteiger partial charge in [-0.15, -0.1) is 0 Å². The molecule has 0 fully saturated rings. The van der Waals surface area contributed by atoms with E-state index >= 15 is 0 Å². The van der Waals surface area contributed by atoms with Gasteiger partial charge < -0.3 is 9.64 Å². The summed E-state index contributed by atoms with van der Waals surface area (Å²) in [4.78, 5) is 18.0. The minimum atomic E-state index is -0.172. The average Bonchev–Trinajstić information content (AvgIpc) is 2.67. The average molecular weight is 362 g/mol. The summed E-state index contributed by atoms with van der Waals surface area (Å²) in [6, 6.07) is 14.9. The number of fused-ring (bicyclic) bond motifs is 1. The number of methoxy groups -OCH3 is 1. The van der Waals surface area contributed by atoms with Crippen molar-refractivity contribution in [1.82, 2.24) is 9.88 Å². The lowest BCUT2D eigenvalue weighted by molar-refractivity contribution is -0.140. The molecule has 0 atom stereocenters. The maximum atomic E-state index is 11.4. The Hall–Kier alpha value is -2.72. The van der Waals surface area contributed by atoms with E-state index in [9.17, 15) is 4.79 Å². The third-order valence-corrected chi connectivity index (χ3v) is 4.69. The summed E-state index contributed by atoms with van der Waals surface area (Å²) in [7, 11) is 5.57. The molecule has 0 saturated heterocycles. The van der Waals surface area contributed by atoms with Gasteiger partial charge in [0.2, 0.25) is 0 Å². The number of rotatable bonds is 7. The van der Waals surface area contributed by atoms with E-state index < -0.39 is 0 Å². The molecule has 4 heteroatoms. The zero-order chi connectivity index (χ0) is 19.2. The zero-order valence-electron chi connectivity index (χ0n) is 16.2. The van der Waals surface area contributed by atoms with E-state index in [1.54, 1.807) is 0 Å². The highest BCUT2D eigenvalue weighted by atomic mass is 16.5. The topological polar surface area (TPSA) is 42.4 Å². The maximum absolute atomic E-state index is 11.4. The van der Waals surface area contributed by atoms with Crippen molar-refractivity contribution in [2.45, 2.75) is 25.8 Å². The number of benzene rings is 2. The summed E-state index contributed by atoms with van der Waals surface area (Å²) in [6.45, 7) is 0.872. The van der Waals surface area contributed by atoms with Crippen molar-refractivity contribution in [2.24, 2.45) is 0 Å². The fourth-order valence-electron chi connectivity index (χ4n) is 3.40. The Labute approximate surface area is 160 Å². The highest BCUT2D eigenvalue weighted by molar-refractivity contribution is 5.88. The van der Waals surface area contributed by atoms with Crippen molar-refractivity contribution in [3.63, 3.8) is 0 Å². The molecule has 3 aromatic rings. The van der Waals surface area contributed by atoms with Crippen molar-refractivity contribution >= 4 is 16.7 Å². The summed E-state index contributed by atoms with van der Waals surface area (Å²) >= 11 is 0. The summed E-state index contributed by atoms with van der Waals surface area (Å²) in [5, 5.41) is 2.47. The molecule has 0 bridgehead atoms. The standard InChI is InChI=1S/C23H26N2O2/c1-25(2)16-20-14-24-15-22-19(8-5-9-21(20)22)13-18-7-4-6-17(12-18)10-11-23(26)27-3/h4-9,12,14-15H,10-11,13,16H2,1-3H3. The van der Waals surface area contributed by atoms with Crippen LogP contribution in [0.25, 0.3) is 10.8 Å². The second kappa shape index (κ2) is 8.78. The summed E-state index contributed by atoms with van der Waals surface area (Å²) in [5.41, 5.74) is 4.91. The van der Waals surface area contributed by atoms with Crippen molar-refractivity contribution < 1.29 is 9.53 Å². The minimum absolute atomic E-state index is 0.172. The van der Waals surface area contributed by atoms with E-state index in [4.69, 9.17) is 4.74 Å². The smallest absolute Gasteiger partial charge is 0.305 e. The van der Waals surface area contributed by atoms with Gasteiger partial charge >= 0.3 is 5.97 Å². The molecular formula is C23H26N2O2. The van der Waals surface area contributed by atoms with Gasteiger partial charge in [-0.1, -0.05) is 42.5 Å². The van der Waals surface area contributed by atoms with Crippen LogP contribution in [-0.4, -0.2) is 37.1 Å². The number of aromatic nitrogens is 1. The summed E-state index contributed by atoms with van der Waals surface area (Å²) in [6.07, 6.45) is 5.87. The van der Waals surface area contributed by atoms with Crippen LogP contribution in [0.2, 0.25) is 0 Å². The van der Waals surface area contributed by atoms with Crippen molar-refractivity contribution in [1.29, 1.82) is 0 Å². The van der Waals surface area contributed by atoms with Gasteiger partial charge in [-0.3, -0.25) is 9.78 Å². The third kappa shape index (κ3) is 4.92. The molecule has 3 rings (SSSR count). The number of hydrogen-bond acceptors (Lipinski definition) is 4. The van der Waals surface area contributed by atoms with E-state index in [2.05, 4.69) is 66.4 Å². The van der Waals surface area contributed by atoms with Crippen LogP contribution in [0.4, 0.5) is 0 Å². The van der Waals surface area contributed by atoms with Gasteiger partial charge in [-0.05, 0) is 54.6 Å². The van der Waals surface area contributed by atoms with Crippen LogP contribution in [0.15, 0.2) is 54.9 Å². The van der Waals surface area contributed by atoms with E-state index in [1.807, 2.05) is 12.4 Å². The predicted molar refractivity (Wildman–Crippen MR) is 109 cm³/mol. The molecule has 0 aliphatic rings. The Morgan fingerprint density at radius 3 is 2.56 bits per heavy atom. The van der Waals surface area contributed by atoms with Crippen LogP contribution in [0.3, 0.4) is 0 Å². The number of pyridine rings is 1. The molecule has 0 radical (unpaired) electrons. The summed E-state index contributed by atoms with van der Waals surface area (Å²) < 4.78 is 4.74. The number of esters is 1. The monoisotopic (exact) mass is 362 g/mol. The van der Waals surface area contributed by atoms with Crippen molar-refractivity contribution in [3.8, 4) is 0 Å². The minimum Gasteiger partial charge on any atom is -0.469 e. The van der Waals surface area contributed by atoms with Gasteiger partial charge in [-0.2, -0.15) is 0 Å². The molecule has 0 saturated carbocycles. The predicted octanol–water partition coefficient (Wildman–Crippen LogP) is 3.99. The van der Waals surface area contributed by atoms with Crippen LogP contribution in [0.1, 0.15) is 28.7 Å². The van der Waals surface area contributed by atoms with E-state index in [1.165, 1.54) is 34.6 Å². The third-order valence-electron chi connectivity index (χ3n) is 4.69. The molecule has 0 unspecified atom stereocenters. The first kappa shape index (κ1) is 19.1. The zero-order valence-corrected chi connectivity index (χ0v) is 16.2. The van der Waals surface area contributed by atoms with E-state index in [0.29, 0.717) is 12.8 Å². The molecule has 27 heavy (non-hydrogen) atoms. The number of hydrogen-bond donors (Lipinski definition) is 0. The van der Waals surface area contributed by atoms with Gasteiger partial charge in [0.05, 0.1) is 7.11 Å².